The number of aromatic nitrogens is 1. The van der Waals surface area contributed by atoms with Gasteiger partial charge >= 0.3 is 0 Å². The Morgan fingerprint density at radius 3 is 2.71 bits per heavy atom. The molecule has 1 aromatic heterocycles. The topological polar surface area (TPSA) is 72.2 Å². The van der Waals surface area contributed by atoms with Crippen molar-refractivity contribution in [3.8, 4) is 11.9 Å². The Kier molecular flexibility index (Phi) is 6.11. The number of rotatable bonds is 7. The van der Waals surface area contributed by atoms with E-state index in [-0.39, 0.29) is 23.9 Å². The molecule has 0 unspecified atom stereocenters. The summed E-state index contributed by atoms with van der Waals surface area (Å²) in [6.45, 7) is 6.47. The van der Waals surface area contributed by atoms with E-state index in [1.807, 2.05) is 32.0 Å². The number of fused-ring (bicyclic) bond motifs is 1. The summed E-state index contributed by atoms with van der Waals surface area (Å²) in [5.41, 5.74) is 3.52. The molecule has 0 radical (unpaired) electrons. The van der Waals surface area contributed by atoms with Gasteiger partial charge in [-0.15, -0.1) is 0 Å². The first-order valence-electron chi connectivity index (χ1n) is 9.75. The molecule has 0 saturated heterocycles. The molecule has 5 heteroatoms. The van der Waals surface area contributed by atoms with Crippen molar-refractivity contribution in [1.82, 2.24) is 4.98 Å². The Morgan fingerprint density at radius 2 is 2.04 bits per heavy atom. The molecule has 0 atom stereocenters. The maximum atomic E-state index is 12.4. The summed E-state index contributed by atoms with van der Waals surface area (Å²) < 4.78 is 11.7. The molecule has 0 amide bonds. The van der Waals surface area contributed by atoms with Crippen molar-refractivity contribution in [2.45, 2.75) is 58.7 Å². The number of carbonyl (C=O) groups is 1. The third-order valence-electron chi connectivity index (χ3n) is 4.99. The van der Waals surface area contributed by atoms with E-state index in [1.165, 1.54) is 0 Å². The molecule has 0 spiro atoms. The third-order valence-corrected chi connectivity index (χ3v) is 4.99. The van der Waals surface area contributed by atoms with E-state index in [0.29, 0.717) is 24.2 Å². The monoisotopic (exact) mass is 378 g/mol. The molecule has 0 bridgehead atoms. The van der Waals surface area contributed by atoms with Crippen LogP contribution in [0.4, 0.5) is 0 Å². The van der Waals surface area contributed by atoms with Crippen LogP contribution in [-0.2, 0) is 24.2 Å². The van der Waals surface area contributed by atoms with Crippen LogP contribution in [0.3, 0.4) is 0 Å². The number of nitriles is 1. The average Bonchev–Trinajstić information content (AvgIpc) is 2.69. The molecule has 1 aliphatic heterocycles. The van der Waals surface area contributed by atoms with Crippen molar-refractivity contribution in [1.29, 1.82) is 5.26 Å². The summed E-state index contributed by atoms with van der Waals surface area (Å²) in [4.78, 5) is 17.0. The molecular weight excluding hydrogens is 352 g/mol. The first-order chi connectivity index (χ1) is 13.4. The Hall–Kier alpha value is -2.71. The van der Waals surface area contributed by atoms with Gasteiger partial charge in [0.15, 0.2) is 12.4 Å². The second-order valence-electron chi connectivity index (χ2n) is 7.71. The minimum Gasteiger partial charge on any atom is -0.468 e. The van der Waals surface area contributed by atoms with Gasteiger partial charge in [-0.1, -0.05) is 43.7 Å². The van der Waals surface area contributed by atoms with Crippen LogP contribution in [0.15, 0.2) is 30.3 Å². The summed E-state index contributed by atoms with van der Waals surface area (Å²) in [5, 5.41) is 9.80. The zero-order valence-corrected chi connectivity index (χ0v) is 16.7. The number of carbonyl (C=O) groups excluding carboxylic acids is 1. The quantitative estimate of drug-likeness (QED) is 0.667. The summed E-state index contributed by atoms with van der Waals surface area (Å²) in [6, 6.07) is 11.3. The number of hydrogen-bond donors (Lipinski definition) is 0. The van der Waals surface area contributed by atoms with Crippen molar-refractivity contribution < 1.29 is 14.3 Å². The van der Waals surface area contributed by atoms with Crippen LogP contribution in [0.2, 0.25) is 0 Å². The van der Waals surface area contributed by atoms with Crippen LogP contribution in [0, 0.1) is 11.3 Å². The molecule has 146 valence electrons. The minimum absolute atomic E-state index is 0.136. The predicted octanol–water partition coefficient (Wildman–Crippen LogP) is 4.41. The molecule has 1 aliphatic rings. The lowest BCUT2D eigenvalue weighted by atomic mass is 9.87. The summed E-state index contributed by atoms with van der Waals surface area (Å²) in [6.07, 6.45) is 3.47. The van der Waals surface area contributed by atoms with Crippen molar-refractivity contribution in [2.24, 2.45) is 0 Å². The van der Waals surface area contributed by atoms with Gasteiger partial charge in [0.25, 0.3) is 0 Å². The molecule has 0 saturated carbocycles. The molecule has 3 rings (SSSR count). The van der Waals surface area contributed by atoms with E-state index in [1.54, 1.807) is 12.1 Å². The number of nitrogens with zero attached hydrogens (tertiary/aromatic N) is 2. The van der Waals surface area contributed by atoms with Crippen LogP contribution < -0.4 is 4.74 Å². The molecule has 0 aliphatic carbocycles. The molecule has 5 nitrogen and oxygen atoms in total. The lowest BCUT2D eigenvalue weighted by Crippen LogP contribution is -2.33. The largest absolute Gasteiger partial charge is 0.468 e. The Bertz CT molecular complexity index is 898. The van der Waals surface area contributed by atoms with Gasteiger partial charge in [-0.2, -0.15) is 5.26 Å². The van der Waals surface area contributed by atoms with Gasteiger partial charge in [0.2, 0.25) is 5.88 Å². The molecule has 28 heavy (non-hydrogen) atoms. The maximum Gasteiger partial charge on any atom is 0.232 e. The molecular formula is C23H26N2O3. The Labute approximate surface area is 166 Å². The first kappa shape index (κ1) is 20.0. The van der Waals surface area contributed by atoms with Crippen LogP contribution in [0.5, 0.6) is 5.88 Å². The number of hydrogen-bond acceptors (Lipinski definition) is 5. The highest BCUT2D eigenvalue weighted by Crippen LogP contribution is 2.35. The lowest BCUT2D eigenvalue weighted by molar-refractivity contribution is -0.0408. The SMILES string of the molecule is CCCCc1nc(OCC(=O)c2ccccc2)c(C#N)c2c1COC(C)(C)C2. The lowest BCUT2D eigenvalue weighted by Gasteiger charge is -2.33. The van der Waals surface area contributed by atoms with E-state index in [4.69, 9.17) is 9.47 Å². The van der Waals surface area contributed by atoms with Crippen molar-refractivity contribution >= 4 is 5.78 Å². The second kappa shape index (κ2) is 8.53. The third kappa shape index (κ3) is 4.40. The zero-order chi connectivity index (χ0) is 20.1. The van der Waals surface area contributed by atoms with Gasteiger partial charge in [-0.25, -0.2) is 4.98 Å². The normalized spacial score (nSPS) is 14.8. The number of unbranched alkanes of at least 4 members (excludes halogenated alkanes) is 1. The second-order valence-corrected chi connectivity index (χ2v) is 7.71. The molecule has 2 heterocycles. The van der Waals surface area contributed by atoms with Crippen molar-refractivity contribution in [2.75, 3.05) is 6.61 Å². The molecule has 1 aromatic carbocycles. The highest BCUT2D eigenvalue weighted by molar-refractivity contribution is 5.97. The number of pyridine rings is 1. The highest BCUT2D eigenvalue weighted by Gasteiger charge is 2.32. The van der Waals surface area contributed by atoms with Crippen LogP contribution in [0.1, 0.15) is 66.4 Å². The molecule has 0 N–H and O–H groups in total. The van der Waals surface area contributed by atoms with E-state index in [2.05, 4.69) is 18.0 Å². The van der Waals surface area contributed by atoms with Gasteiger partial charge in [-0.05, 0) is 32.3 Å². The fourth-order valence-electron chi connectivity index (χ4n) is 3.42. The van der Waals surface area contributed by atoms with Crippen LogP contribution >= 0.6 is 0 Å². The number of ether oxygens (including phenoxy) is 2. The fourth-order valence-corrected chi connectivity index (χ4v) is 3.42. The fraction of sp³-hybridized carbons (Fsp3) is 0.435. The number of benzene rings is 1. The van der Waals surface area contributed by atoms with Gasteiger partial charge in [0, 0.05) is 17.5 Å². The summed E-state index contributed by atoms with van der Waals surface area (Å²) in [5.74, 6) is 0.122. The zero-order valence-electron chi connectivity index (χ0n) is 16.7. The number of aryl methyl sites for hydroxylation is 1. The van der Waals surface area contributed by atoms with Gasteiger partial charge in [-0.3, -0.25) is 4.79 Å². The number of ketones is 1. The molecule has 0 fully saturated rings. The van der Waals surface area contributed by atoms with E-state index < -0.39 is 0 Å². The van der Waals surface area contributed by atoms with Crippen LogP contribution in [0.25, 0.3) is 0 Å². The molecule has 2 aromatic rings. The van der Waals surface area contributed by atoms with Gasteiger partial charge in [0.05, 0.1) is 17.9 Å². The smallest absolute Gasteiger partial charge is 0.232 e. The minimum atomic E-state index is -0.348. The van der Waals surface area contributed by atoms with E-state index in [9.17, 15) is 10.1 Å². The van der Waals surface area contributed by atoms with Gasteiger partial charge in [0.1, 0.15) is 11.6 Å². The Balaban J connectivity index is 1.93. The number of Topliss-reactive ketones (excluding diaryl/α,β-unsaturated/α-hetero) is 1. The summed E-state index contributed by atoms with van der Waals surface area (Å²) in [7, 11) is 0. The van der Waals surface area contributed by atoms with Crippen molar-refractivity contribution in [3.63, 3.8) is 0 Å². The highest BCUT2D eigenvalue weighted by atomic mass is 16.5. The summed E-state index contributed by atoms with van der Waals surface area (Å²) >= 11 is 0. The first-order valence-corrected chi connectivity index (χ1v) is 9.75. The van der Waals surface area contributed by atoms with E-state index >= 15 is 0 Å². The average molecular weight is 378 g/mol. The van der Waals surface area contributed by atoms with Crippen molar-refractivity contribution in [3.05, 3.63) is 58.3 Å². The van der Waals surface area contributed by atoms with Gasteiger partial charge < -0.3 is 9.47 Å². The maximum absolute atomic E-state index is 12.4. The van der Waals surface area contributed by atoms with Crippen LogP contribution in [-0.4, -0.2) is 23.0 Å². The predicted molar refractivity (Wildman–Crippen MR) is 106 cm³/mol. The Morgan fingerprint density at radius 1 is 1.29 bits per heavy atom. The van der Waals surface area contributed by atoms with E-state index in [0.717, 1.165) is 36.1 Å². The standard InChI is InChI=1S/C23H26N2O3/c1-4-5-11-20-19-14-28-23(2,3)12-17(19)18(13-24)22(25-20)27-15-21(26)16-9-7-6-8-10-16/h6-10H,4-5,11-12,14-15H2,1-3H3.